The van der Waals surface area contributed by atoms with Gasteiger partial charge in [-0.2, -0.15) is 0 Å². The molecule has 5 nitrogen and oxygen atoms in total. The quantitative estimate of drug-likeness (QED) is 0.817. The highest BCUT2D eigenvalue weighted by molar-refractivity contribution is 7.16. The summed E-state index contributed by atoms with van der Waals surface area (Å²) in [5.41, 5.74) is 0.988. The second kappa shape index (κ2) is 8.17. The number of carbonyl (C=O) groups is 1. The van der Waals surface area contributed by atoms with E-state index in [0.29, 0.717) is 49.2 Å². The van der Waals surface area contributed by atoms with Crippen LogP contribution in [0, 0.1) is 0 Å². The summed E-state index contributed by atoms with van der Waals surface area (Å²) in [4.78, 5) is 14.8. The van der Waals surface area contributed by atoms with E-state index < -0.39 is 0 Å². The van der Waals surface area contributed by atoms with Crippen molar-refractivity contribution in [3.05, 3.63) is 44.1 Å². The Morgan fingerprint density at radius 2 is 2.08 bits per heavy atom. The Labute approximate surface area is 160 Å². The molecule has 0 unspecified atom stereocenters. The molecule has 1 aromatic heterocycles. The highest BCUT2D eigenvalue weighted by atomic mass is 35.5. The minimum absolute atomic E-state index is 0.131. The summed E-state index contributed by atoms with van der Waals surface area (Å²) in [5, 5.41) is 3.43. The lowest BCUT2D eigenvalue weighted by atomic mass is 10.1. The van der Waals surface area contributed by atoms with Crippen LogP contribution >= 0.6 is 34.5 Å². The van der Waals surface area contributed by atoms with E-state index in [1.54, 1.807) is 11.9 Å². The summed E-state index contributed by atoms with van der Waals surface area (Å²) in [5.74, 6) is 1.25. The van der Waals surface area contributed by atoms with Gasteiger partial charge in [0.1, 0.15) is 13.2 Å². The molecule has 0 bridgehead atoms. The third-order valence-corrected chi connectivity index (χ3v) is 5.21. The molecule has 0 radical (unpaired) electrons. The van der Waals surface area contributed by atoms with Crippen LogP contribution in [-0.4, -0.2) is 37.7 Å². The van der Waals surface area contributed by atoms with Crippen LogP contribution < -0.4 is 14.8 Å². The summed E-state index contributed by atoms with van der Waals surface area (Å²) in [7, 11) is 1.75. The molecule has 2 amide bonds. The van der Waals surface area contributed by atoms with Gasteiger partial charge in [-0.15, -0.1) is 11.3 Å². The van der Waals surface area contributed by atoms with Crippen LogP contribution in [0.5, 0.6) is 11.5 Å². The van der Waals surface area contributed by atoms with E-state index in [-0.39, 0.29) is 6.03 Å². The molecule has 134 valence electrons. The Hall–Kier alpha value is -1.63. The summed E-state index contributed by atoms with van der Waals surface area (Å²) < 4.78 is 11.8. The van der Waals surface area contributed by atoms with E-state index in [0.717, 1.165) is 14.8 Å². The van der Waals surface area contributed by atoms with Crippen molar-refractivity contribution in [2.24, 2.45) is 0 Å². The van der Waals surface area contributed by atoms with E-state index in [2.05, 4.69) is 5.32 Å². The predicted molar refractivity (Wildman–Crippen MR) is 100 cm³/mol. The topological polar surface area (TPSA) is 50.8 Å². The second-order valence-electron chi connectivity index (χ2n) is 5.65. The van der Waals surface area contributed by atoms with Crippen molar-refractivity contribution < 1.29 is 14.3 Å². The number of hydrogen-bond donors (Lipinski definition) is 1. The molecule has 2 aromatic rings. The van der Waals surface area contributed by atoms with Crippen LogP contribution in [0.15, 0.2) is 24.3 Å². The van der Waals surface area contributed by atoms with Gasteiger partial charge in [-0.25, -0.2) is 4.79 Å². The summed E-state index contributed by atoms with van der Waals surface area (Å²) in [6.07, 6.45) is 0.654. The number of urea groups is 1. The maximum absolute atomic E-state index is 12.2. The molecule has 25 heavy (non-hydrogen) atoms. The molecular formula is C17H18Cl2N2O3S. The van der Waals surface area contributed by atoms with Gasteiger partial charge in [-0.3, -0.25) is 0 Å². The Kier molecular flexibility index (Phi) is 5.93. The number of nitrogens with zero attached hydrogens (tertiary/aromatic N) is 1. The Bertz CT molecular complexity index is 766. The molecule has 1 aromatic carbocycles. The number of amides is 2. The average molecular weight is 401 g/mol. The SMILES string of the molecule is CN(Cc1ccc(Cl)s1)C(=O)NCCc1cc(Cl)c2c(c1)OCCO2. The Balaban J connectivity index is 1.50. The Morgan fingerprint density at radius 1 is 1.28 bits per heavy atom. The van der Waals surface area contributed by atoms with Crippen LogP contribution in [0.25, 0.3) is 0 Å². The van der Waals surface area contributed by atoms with Gasteiger partial charge in [0.25, 0.3) is 0 Å². The number of thiophene rings is 1. The number of nitrogens with one attached hydrogen (secondary N) is 1. The first kappa shape index (κ1) is 18.2. The molecule has 0 saturated carbocycles. The number of rotatable bonds is 5. The molecule has 2 heterocycles. The van der Waals surface area contributed by atoms with E-state index in [4.69, 9.17) is 32.7 Å². The molecule has 1 N–H and O–H groups in total. The zero-order valence-electron chi connectivity index (χ0n) is 13.7. The first-order valence-electron chi connectivity index (χ1n) is 7.84. The van der Waals surface area contributed by atoms with E-state index in [1.165, 1.54) is 11.3 Å². The number of hydrogen-bond acceptors (Lipinski definition) is 4. The van der Waals surface area contributed by atoms with Gasteiger partial charge in [0, 0.05) is 18.5 Å². The first-order chi connectivity index (χ1) is 12.0. The van der Waals surface area contributed by atoms with Crippen LogP contribution in [0.4, 0.5) is 4.79 Å². The highest BCUT2D eigenvalue weighted by Crippen LogP contribution is 2.38. The van der Waals surface area contributed by atoms with Crippen molar-refractivity contribution in [2.45, 2.75) is 13.0 Å². The lowest BCUT2D eigenvalue weighted by molar-refractivity contribution is 0.171. The second-order valence-corrected chi connectivity index (χ2v) is 7.85. The number of benzene rings is 1. The van der Waals surface area contributed by atoms with Gasteiger partial charge in [0.2, 0.25) is 0 Å². The van der Waals surface area contributed by atoms with Gasteiger partial charge in [-0.1, -0.05) is 23.2 Å². The molecule has 0 saturated heterocycles. The molecule has 0 atom stereocenters. The summed E-state index contributed by atoms with van der Waals surface area (Å²) >= 11 is 13.6. The molecule has 3 rings (SSSR count). The van der Waals surface area contributed by atoms with Crippen molar-refractivity contribution >= 4 is 40.6 Å². The minimum Gasteiger partial charge on any atom is -0.486 e. The van der Waals surface area contributed by atoms with Crippen LogP contribution in [0.3, 0.4) is 0 Å². The van der Waals surface area contributed by atoms with Gasteiger partial charge in [-0.05, 0) is 36.2 Å². The van der Waals surface area contributed by atoms with Crippen LogP contribution in [0.2, 0.25) is 9.36 Å². The van der Waals surface area contributed by atoms with Gasteiger partial charge in [0.15, 0.2) is 11.5 Å². The number of ether oxygens (including phenoxy) is 2. The fourth-order valence-corrected chi connectivity index (χ4v) is 3.93. The largest absolute Gasteiger partial charge is 0.486 e. The minimum atomic E-state index is -0.131. The maximum Gasteiger partial charge on any atom is 0.317 e. The highest BCUT2D eigenvalue weighted by Gasteiger charge is 2.17. The maximum atomic E-state index is 12.2. The van der Waals surface area contributed by atoms with Crippen molar-refractivity contribution in [2.75, 3.05) is 26.8 Å². The zero-order chi connectivity index (χ0) is 17.8. The van der Waals surface area contributed by atoms with Gasteiger partial charge in [0.05, 0.1) is 15.9 Å². The van der Waals surface area contributed by atoms with Crippen molar-refractivity contribution in [3.63, 3.8) is 0 Å². The fraction of sp³-hybridized carbons (Fsp3) is 0.353. The van der Waals surface area contributed by atoms with E-state index >= 15 is 0 Å². The van der Waals surface area contributed by atoms with Crippen LogP contribution in [-0.2, 0) is 13.0 Å². The molecule has 0 aliphatic carbocycles. The van der Waals surface area contributed by atoms with Gasteiger partial charge >= 0.3 is 6.03 Å². The lowest BCUT2D eigenvalue weighted by Gasteiger charge is -2.20. The molecule has 1 aliphatic heterocycles. The van der Waals surface area contributed by atoms with E-state index in [1.807, 2.05) is 24.3 Å². The zero-order valence-corrected chi connectivity index (χ0v) is 16.0. The molecular weight excluding hydrogens is 383 g/mol. The van der Waals surface area contributed by atoms with Crippen molar-refractivity contribution in [3.8, 4) is 11.5 Å². The standard InChI is InChI=1S/C17H18Cl2N2O3S/c1-21(10-12-2-3-15(19)25-12)17(22)20-5-4-11-8-13(18)16-14(9-11)23-6-7-24-16/h2-3,8-9H,4-7,10H2,1H3,(H,20,22). The summed E-state index contributed by atoms with van der Waals surface area (Å²) in [6, 6.07) is 7.38. The lowest BCUT2D eigenvalue weighted by Crippen LogP contribution is -2.37. The van der Waals surface area contributed by atoms with Crippen LogP contribution in [0.1, 0.15) is 10.4 Å². The molecule has 0 spiro atoms. The van der Waals surface area contributed by atoms with E-state index in [9.17, 15) is 4.79 Å². The molecule has 0 fully saturated rings. The Morgan fingerprint density at radius 3 is 2.84 bits per heavy atom. The van der Waals surface area contributed by atoms with Crippen molar-refractivity contribution in [1.82, 2.24) is 10.2 Å². The van der Waals surface area contributed by atoms with Crippen molar-refractivity contribution in [1.29, 1.82) is 0 Å². The number of fused-ring (bicyclic) bond motifs is 1. The third kappa shape index (κ3) is 4.71. The fourth-order valence-electron chi connectivity index (χ4n) is 2.50. The number of carbonyl (C=O) groups excluding carboxylic acids is 1. The number of halogens is 2. The molecule has 1 aliphatic rings. The monoisotopic (exact) mass is 400 g/mol. The smallest absolute Gasteiger partial charge is 0.317 e. The first-order valence-corrected chi connectivity index (χ1v) is 9.41. The third-order valence-electron chi connectivity index (χ3n) is 3.72. The normalized spacial score (nSPS) is 12.8. The van der Waals surface area contributed by atoms with Gasteiger partial charge < -0.3 is 19.7 Å². The average Bonchev–Trinajstić information content (AvgIpc) is 2.99. The molecule has 8 heteroatoms. The predicted octanol–water partition coefficient (Wildman–Crippen LogP) is 4.21. The summed E-state index contributed by atoms with van der Waals surface area (Å²) in [6.45, 7) is 2.05.